The summed E-state index contributed by atoms with van der Waals surface area (Å²) in [4.78, 5) is 0. The molecule has 3 unspecified atom stereocenters. The summed E-state index contributed by atoms with van der Waals surface area (Å²) in [6.07, 6.45) is 6.41. The fourth-order valence-corrected chi connectivity index (χ4v) is 4.19. The van der Waals surface area contributed by atoms with Crippen molar-refractivity contribution < 1.29 is 0 Å². The molecule has 1 nitrogen and oxygen atoms in total. The summed E-state index contributed by atoms with van der Waals surface area (Å²) in [5.74, 6) is 1.66. The molecule has 1 fully saturated rings. The summed E-state index contributed by atoms with van der Waals surface area (Å²) in [6, 6.07) is 9.94. The predicted octanol–water partition coefficient (Wildman–Crippen LogP) is 4.84. The average Bonchev–Trinajstić information content (AvgIpc) is 2.47. The minimum Gasteiger partial charge on any atom is -0.317 e. The normalized spacial score (nSPS) is 26.8. The van der Waals surface area contributed by atoms with E-state index in [-0.39, 0.29) is 0 Å². The van der Waals surface area contributed by atoms with Crippen LogP contribution in [0.3, 0.4) is 0 Å². The van der Waals surface area contributed by atoms with Crippen LogP contribution in [0.4, 0.5) is 0 Å². The van der Waals surface area contributed by atoms with Crippen LogP contribution >= 0.6 is 0 Å². The van der Waals surface area contributed by atoms with Gasteiger partial charge in [-0.2, -0.15) is 0 Å². The van der Waals surface area contributed by atoms with Crippen molar-refractivity contribution in [1.82, 2.24) is 5.32 Å². The Kier molecular flexibility index (Phi) is 5.48. The van der Waals surface area contributed by atoms with Crippen LogP contribution in [-0.4, -0.2) is 13.1 Å². The lowest BCUT2D eigenvalue weighted by atomic mass is 9.64. The molecule has 118 valence electrons. The van der Waals surface area contributed by atoms with Crippen LogP contribution in [0.2, 0.25) is 0 Å². The molecule has 2 rings (SSSR count). The molecule has 0 radical (unpaired) electrons. The molecule has 0 amide bonds. The fourth-order valence-electron chi connectivity index (χ4n) is 4.19. The first-order valence-corrected chi connectivity index (χ1v) is 8.71. The van der Waals surface area contributed by atoms with E-state index in [2.05, 4.69) is 64.3 Å². The van der Waals surface area contributed by atoms with Gasteiger partial charge in [-0.1, -0.05) is 58.4 Å². The minimum absolute atomic E-state index is 0.363. The number of benzene rings is 1. The zero-order valence-electron chi connectivity index (χ0n) is 14.6. The second-order valence-corrected chi connectivity index (χ2v) is 7.76. The zero-order valence-corrected chi connectivity index (χ0v) is 14.6. The molecule has 1 N–H and O–H groups in total. The van der Waals surface area contributed by atoms with Gasteiger partial charge in [0.05, 0.1) is 0 Å². The lowest BCUT2D eigenvalue weighted by Gasteiger charge is -2.44. The highest BCUT2D eigenvalue weighted by atomic mass is 14.9. The summed E-state index contributed by atoms with van der Waals surface area (Å²) in [5.41, 5.74) is 3.29. The van der Waals surface area contributed by atoms with Crippen LogP contribution < -0.4 is 5.32 Å². The van der Waals surface area contributed by atoms with E-state index in [9.17, 15) is 0 Å². The van der Waals surface area contributed by atoms with Gasteiger partial charge in [0.25, 0.3) is 0 Å². The zero-order chi connectivity index (χ0) is 15.5. The Balaban J connectivity index is 2.08. The van der Waals surface area contributed by atoms with E-state index in [1.54, 1.807) is 0 Å². The van der Waals surface area contributed by atoms with Crippen molar-refractivity contribution in [2.45, 2.75) is 65.8 Å². The number of hydrogen-bond acceptors (Lipinski definition) is 1. The van der Waals surface area contributed by atoms with Crippen molar-refractivity contribution in [2.24, 2.45) is 17.3 Å². The molecule has 0 aromatic heterocycles. The molecule has 1 aliphatic carbocycles. The fraction of sp³-hybridized carbons (Fsp3) is 0.700. The second-order valence-electron chi connectivity index (χ2n) is 7.76. The molecule has 0 spiro atoms. The SMILES string of the molecule is CCc1ccc(CC(C)(C)C2CCC(C)CC2NC)cc1. The van der Waals surface area contributed by atoms with Crippen molar-refractivity contribution in [3.63, 3.8) is 0 Å². The van der Waals surface area contributed by atoms with Crippen molar-refractivity contribution in [2.75, 3.05) is 7.05 Å². The quantitative estimate of drug-likeness (QED) is 0.817. The standard InChI is InChI=1S/C20H33N/c1-6-16-8-10-17(11-9-16)14-20(3,4)18-12-7-15(2)13-19(18)21-5/h8-11,15,18-19,21H,6-7,12-14H2,1-5H3. The van der Waals surface area contributed by atoms with E-state index in [4.69, 9.17) is 0 Å². The first kappa shape index (κ1) is 16.5. The molecule has 0 aliphatic heterocycles. The van der Waals surface area contributed by atoms with Gasteiger partial charge in [-0.05, 0) is 61.1 Å². The van der Waals surface area contributed by atoms with Gasteiger partial charge in [-0.25, -0.2) is 0 Å². The van der Waals surface area contributed by atoms with E-state index in [0.717, 1.165) is 18.3 Å². The molecule has 1 aliphatic rings. The van der Waals surface area contributed by atoms with Gasteiger partial charge in [0.15, 0.2) is 0 Å². The Bertz CT molecular complexity index is 432. The van der Waals surface area contributed by atoms with Gasteiger partial charge in [-0.15, -0.1) is 0 Å². The molecule has 0 saturated heterocycles. The van der Waals surface area contributed by atoms with Gasteiger partial charge in [0.1, 0.15) is 0 Å². The lowest BCUT2D eigenvalue weighted by Crippen LogP contribution is -2.46. The maximum Gasteiger partial charge on any atom is 0.0100 e. The Hall–Kier alpha value is -0.820. The molecular weight excluding hydrogens is 254 g/mol. The van der Waals surface area contributed by atoms with Crippen LogP contribution in [0, 0.1) is 17.3 Å². The lowest BCUT2D eigenvalue weighted by molar-refractivity contribution is 0.0980. The van der Waals surface area contributed by atoms with Crippen LogP contribution in [-0.2, 0) is 12.8 Å². The van der Waals surface area contributed by atoms with E-state index in [0.29, 0.717) is 11.5 Å². The third-order valence-corrected chi connectivity index (χ3v) is 5.58. The van der Waals surface area contributed by atoms with E-state index in [1.165, 1.54) is 36.8 Å². The maximum atomic E-state index is 3.59. The van der Waals surface area contributed by atoms with Crippen molar-refractivity contribution in [3.8, 4) is 0 Å². The number of aryl methyl sites for hydroxylation is 1. The summed E-state index contributed by atoms with van der Waals surface area (Å²) in [7, 11) is 2.14. The van der Waals surface area contributed by atoms with Crippen LogP contribution in [0.5, 0.6) is 0 Å². The topological polar surface area (TPSA) is 12.0 Å². The molecule has 3 atom stereocenters. The number of rotatable bonds is 5. The molecule has 1 aromatic rings. The Morgan fingerprint density at radius 1 is 1.10 bits per heavy atom. The summed E-state index contributed by atoms with van der Waals surface area (Å²) in [5, 5.41) is 3.59. The number of hydrogen-bond donors (Lipinski definition) is 1. The van der Waals surface area contributed by atoms with E-state index < -0.39 is 0 Å². The predicted molar refractivity (Wildman–Crippen MR) is 92.7 cm³/mol. The molecule has 1 aromatic carbocycles. The second kappa shape index (κ2) is 6.96. The van der Waals surface area contributed by atoms with Gasteiger partial charge in [-0.3, -0.25) is 0 Å². The highest BCUT2D eigenvalue weighted by Crippen LogP contribution is 2.42. The smallest absolute Gasteiger partial charge is 0.0100 e. The highest BCUT2D eigenvalue weighted by Gasteiger charge is 2.38. The van der Waals surface area contributed by atoms with Crippen LogP contribution in [0.15, 0.2) is 24.3 Å². The first-order chi connectivity index (χ1) is 9.96. The van der Waals surface area contributed by atoms with Crippen molar-refractivity contribution >= 4 is 0 Å². The largest absolute Gasteiger partial charge is 0.317 e. The Morgan fingerprint density at radius 3 is 2.29 bits per heavy atom. The third kappa shape index (κ3) is 4.10. The van der Waals surface area contributed by atoms with Crippen molar-refractivity contribution in [1.29, 1.82) is 0 Å². The van der Waals surface area contributed by atoms with E-state index in [1.807, 2.05) is 0 Å². The molecule has 0 heterocycles. The van der Waals surface area contributed by atoms with Gasteiger partial charge in [0.2, 0.25) is 0 Å². The molecule has 21 heavy (non-hydrogen) atoms. The third-order valence-electron chi connectivity index (χ3n) is 5.58. The highest BCUT2D eigenvalue weighted by molar-refractivity contribution is 5.23. The Morgan fingerprint density at radius 2 is 1.71 bits per heavy atom. The van der Waals surface area contributed by atoms with Crippen molar-refractivity contribution in [3.05, 3.63) is 35.4 Å². The molecule has 1 saturated carbocycles. The summed E-state index contributed by atoms with van der Waals surface area (Å²) < 4.78 is 0. The maximum absolute atomic E-state index is 3.59. The van der Waals surface area contributed by atoms with Gasteiger partial charge in [0, 0.05) is 6.04 Å². The minimum atomic E-state index is 0.363. The van der Waals surface area contributed by atoms with Gasteiger partial charge >= 0.3 is 0 Å². The molecular formula is C20H33N. The summed E-state index contributed by atoms with van der Waals surface area (Å²) in [6.45, 7) is 9.55. The van der Waals surface area contributed by atoms with Crippen LogP contribution in [0.25, 0.3) is 0 Å². The average molecular weight is 287 g/mol. The molecule has 0 bridgehead atoms. The Labute approximate surface area is 131 Å². The monoisotopic (exact) mass is 287 g/mol. The van der Waals surface area contributed by atoms with Gasteiger partial charge < -0.3 is 5.32 Å². The first-order valence-electron chi connectivity index (χ1n) is 8.71. The van der Waals surface area contributed by atoms with E-state index >= 15 is 0 Å². The van der Waals surface area contributed by atoms with Crippen LogP contribution in [0.1, 0.15) is 58.1 Å². The number of nitrogens with one attached hydrogen (secondary N) is 1. The molecule has 1 heteroatoms. The summed E-state index contributed by atoms with van der Waals surface area (Å²) >= 11 is 0.